The van der Waals surface area contributed by atoms with Crippen molar-refractivity contribution in [2.24, 2.45) is 5.41 Å². The third-order valence-electron chi connectivity index (χ3n) is 5.15. The van der Waals surface area contributed by atoms with Gasteiger partial charge in [-0.1, -0.05) is 26.7 Å². The number of hydrogen-bond acceptors (Lipinski definition) is 2. The van der Waals surface area contributed by atoms with Gasteiger partial charge in [-0.15, -0.1) is 0 Å². The third kappa shape index (κ3) is 3.03. The SMILES string of the molecule is CNC1CCC(C)(C)CC1N(C)C1CCCC1. The molecule has 0 bridgehead atoms. The fraction of sp³-hybridized carbons (Fsp3) is 1.00. The first kappa shape index (κ1) is 13.4. The summed E-state index contributed by atoms with van der Waals surface area (Å²) in [5.74, 6) is 0. The average Bonchev–Trinajstić information content (AvgIpc) is 2.80. The first-order chi connectivity index (χ1) is 8.03. The van der Waals surface area contributed by atoms with Gasteiger partial charge < -0.3 is 5.32 Å². The number of rotatable bonds is 3. The van der Waals surface area contributed by atoms with Crippen LogP contribution in [0.1, 0.15) is 58.8 Å². The van der Waals surface area contributed by atoms with Gasteiger partial charge in [0.1, 0.15) is 0 Å². The quantitative estimate of drug-likeness (QED) is 0.813. The van der Waals surface area contributed by atoms with E-state index in [9.17, 15) is 0 Å². The lowest BCUT2D eigenvalue weighted by atomic mass is 9.72. The summed E-state index contributed by atoms with van der Waals surface area (Å²) in [4.78, 5) is 2.70. The summed E-state index contributed by atoms with van der Waals surface area (Å²) in [7, 11) is 4.50. The minimum absolute atomic E-state index is 0.533. The fourth-order valence-electron chi connectivity index (χ4n) is 3.90. The van der Waals surface area contributed by atoms with Crippen molar-refractivity contribution in [3.63, 3.8) is 0 Å². The molecule has 2 heteroatoms. The lowest BCUT2D eigenvalue weighted by Gasteiger charge is -2.46. The van der Waals surface area contributed by atoms with Gasteiger partial charge in [0.2, 0.25) is 0 Å². The van der Waals surface area contributed by atoms with E-state index < -0.39 is 0 Å². The lowest BCUT2D eigenvalue weighted by Crippen LogP contribution is -2.55. The van der Waals surface area contributed by atoms with Crippen molar-refractivity contribution < 1.29 is 0 Å². The van der Waals surface area contributed by atoms with Crippen LogP contribution in [0.2, 0.25) is 0 Å². The molecular weight excluding hydrogens is 208 g/mol. The van der Waals surface area contributed by atoms with Crippen molar-refractivity contribution >= 4 is 0 Å². The number of hydrogen-bond donors (Lipinski definition) is 1. The molecule has 2 fully saturated rings. The molecule has 0 radical (unpaired) electrons. The highest BCUT2D eigenvalue weighted by molar-refractivity contribution is 4.95. The van der Waals surface area contributed by atoms with Gasteiger partial charge in [-0.2, -0.15) is 0 Å². The van der Waals surface area contributed by atoms with E-state index in [2.05, 4.69) is 38.2 Å². The number of nitrogens with one attached hydrogen (secondary N) is 1. The Labute approximate surface area is 107 Å². The highest BCUT2D eigenvalue weighted by atomic mass is 15.2. The van der Waals surface area contributed by atoms with Gasteiger partial charge in [0.05, 0.1) is 0 Å². The molecule has 2 nitrogen and oxygen atoms in total. The molecule has 2 atom stereocenters. The van der Waals surface area contributed by atoms with Crippen LogP contribution in [-0.2, 0) is 0 Å². The largest absolute Gasteiger partial charge is 0.315 e. The van der Waals surface area contributed by atoms with Crippen molar-refractivity contribution in [2.45, 2.75) is 76.9 Å². The Morgan fingerprint density at radius 1 is 1.12 bits per heavy atom. The summed E-state index contributed by atoms with van der Waals surface area (Å²) in [6, 6.07) is 2.30. The van der Waals surface area contributed by atoms with E-state index >= 15 is 0 Å². The predicted molar refractivity (Wildman–Crippen MR) is 74.3 cm³/mol. The topological polar surface area (TPSA) is 15.3 Å². The summed E-state index contributed by atoms with van der Waals surface area (Å²) < 4.78 is 0. The zero-order valence-electron chi connectivity index (χ0n) is 12.1. The Balaban J connectivity index is 2.03. The predicted octanol–water partition coefficient (Wildman–Crippen LogP) is 3.03. The molecule has 2 unspecified atom stereocenters. The Morgan fingerprint density at radius 3 is 2.35 bits per heavy atom. The van der Waals surface area contributed by atoms with Crippen LogP contribution in [0.4, 0.5) is 0 Å². The summed E-state index contributed by atoms with van der Waals surface area (Å²) in [6.07, 6.45) is 9.78. The molecule has 1 N–H and O–H groups in total. The lowest BCUT2D eigenvalue weighted by molar-refractivity contribution is 0.0588. The average molecular weight is 238 g/mol. The Bertz CT molecular complexity index is 243. The molecule has 100 valence electrons. The Kier molecular flexibility index (Phi) is 4.14. The van der Waals surface area contributed by atoms with Crippen molar-refractivity contribution in [2.75, 3.05) is 14.1 Å². The van der Waals surface area contributed by atoms with E-state index in [0.29, 0.717) is 11.5 Å². The van der Waals surface area contributed by atoms with Gasteiger partial charge in [0, 0.05) is 18.1 Å². The summed E-state index contributed by atoms with van der Waals surface area (Å²) in [6.45, 7) is 4.88. The molecule has 17 heavy (non-hydrogen) atoms. The number of likely N-dealkylation sites (N-methyl/N-ethyl adjacent to an activating group) is 2. The molecule has 0 aromatic carbocycles. The van der Waals surface area contributed by atoms with E-state index in [4.69, 9.17) is 0 Å². The molecule has 0 aliphatic heterocycles. The van der Waals surface area contributed by atoms with Crippen LogP contribution in [0.15, 0.2) is 0 Å². The van der Waals surface area contributed by atoms with Crippen molar-refractivity contribution in [1.29, 1.82) is 0 Å². The molecule has 0 spiro atoms. The van der Waals surface area contributed by atoms with Gasteiger partial charge >= 0.3 is 0 Å². The van der Waals surface area contributed by atoms with Crippen molar-refractivity contribution in [1.82, 2.24) is 10.2 Å². The van der Waals surface area contributed by atoms with Crippen LogP contribution in [0.3, 0.4) is 0 Å². The summed E-state index contributed by atoms with van der Waals surface area (Å²) in [5.41, 5.74) is 0.533. The molecule has 0 heterocycles. The minimum Gasteiger partial charge on any atom is -0.315 e. The van der Waals surface area contributed by atoms with Crippen molar-refractivity contribution in [3.05, 3.63) is 0 Å². The molecule has 2 aliphatic rings. The first-order valence-corrected chi connectivity index (χ1v) is 7.43. The van der Waals surface area contributed by atoms with Gasteiger partial charge in [-0.05, 0) is 51.6 Å². The number of nitrogens with zero attached hydrogens (tertiary/aromatic N) is 1. The van der Waals surface area contributed by atoms with Gasteiger partial charge in [-0.25, -0.2) is 0 Å². The van der Waals surface area contributed by atoms with Gasteiger partial charge in [-0.3, -0.25) is 4.90 Å². The Morgan fingerprint density at radius 2 is 1.76 bits per heavy atom. The standard InChI is InChI=1S/C15H30N2/c1-15(2)10-9-13(16-3)14(11-15)17(4)12-7-5-6-8-12/h12-14,16H,5-11H2,1-4H3. The van der Waals surface area contributed by atoms with Crippen LogP contribution in [0.25, 0.3) is 0 Å². The first-order valence-electron chi connectivity index (χ1n) is 7.43. The van der Waals surface area contributed by atoms with E-state index in [1.807, 2.05) is 0 Å². The van der Waals surface area contributed by atoms with Crippen LogP contribution < -0.4 is 5.32 Å². The van der Waals surface area contributed by atoms with E-state index in [-0.39, 0.29) is 0 Å². The van der Waals surface area contributed by atoms with E-state index in [1.165, 1.54) is 44.9 Å². The maximum atomic E-state index is 3.55. The second kappa shape index (κ2) is 5.27. The Hall–Kier alpha value is -0.0800. The zero-order valence-corrected chi connectivity index (χ0v) is 12.1. The van der Waals surface area contributed by atoms with Crippen LogP contribution in [0, 0.1) is 5.41 Å². The molecule has 0 aromatic rings. The molecule has 0 aromatic heterocycles. The van der Waals surface area contributed by atoms with E-state index in [0.717, 1.165) is 12.1 Å². The van der Waals surface area contributed by atoms with Crippen LogP contribution >= 0.6 is 0 Å². The zero-order chi connectivity index (χ0) is 12.5. The molecule has 0 saturated heterocycles. The normalized spacial score (nSPS) is 34.4. The molecule has 2 aliphatic carbocycles. The monoisotopic (exact) mass is 238 g/mol. The second-order valence-corrected chi connectivity index (χ2v) is 6.97. The molecule has 2 rings (SSSR count). The maximum absolute atomic E-state index is 3.55. The van der Waals surface area contributed by atoms with Crippen LogP contribution in [0.5, 0.6) is 0 Å². The summed E-state index contributed by atoms with van der Waals surface area (Å²) >= 11 is 0. The summed E-state index contributed by atoms with van der Waals surface area (Å²) in [5, 5.41) is 3.55. The molecular formula is C15H30N2. The maximum Gasteiger partial charge on any atom is 0.0254 e. The molecule has 2 saturated carbocycles. The smallest absolute Gasteiger partial charge is 0.0254 e. The van der Waals surface area contributed by atoms with E-state index in [1.54, 1.807) is 0 Å². The minimum atomic E-state index is 0.533. The highest BCUT2D eigenvalue weighted by Gasteiger charge is 2.38. The second-order valence-electron chi connectivity index (χ2n) is 6.97. The van der Waals surface area contributed by atoms with Crippen LogP contribution in [-0.4, -0.2) is 37.1 Å². The highest BCUT2D eigenvalue weighted by Crippen LogP contribution is 2.39. The van der Waals surface area contributed by atoms with Gasteiger partial charge in [0.15, 0.2) is 0 Å². The fourth-order valence-corrected chi connectivity index (χ4v) is 3.90. The third-order valence-corrected chi connectivity index (χ3v) is 5.15. The molecule has 0 amide bonds. The van der Waals surface area contributed by atoms with Crippen molar-refractivity contribution in [3.8, 4) is 0 Å². The van der Waals surface area contributed by atoms with Gasteiger partial charge in [0.25, 0.3) is 0 Å².